The lowest BCUT2D eigenvalue weighted by molar-refractivity contribution is -0.171. The molecule has 0 aliphatic carbocycles. The summed E-state index contributed by atoms with van der Waals surface area (Å²) >= 11 is 0. The van der Waals surface area contributed by atoms with E-state index in [2.05, 4.69) is 0 Å². The lowest BCUT2D eigenvalue weighted by atomic mass is 10.1. The van der Waals surface area contributed by atoms with Crippen molar-refractivity contribution in [2.45, 2.75) is 37.9 Å². The highest BCUT2D eigenvalue weighted by Gasteiger charge is 2.59. The second-order valence-corrected chi connectivity index (χ2v) is 6.29. The van der Waals surface area contributed by atoms with Gasteiger partial charge in [0.2, 0.25) is 0 Å². The van der Waals surface area contributed by atoms with Crippen LogP contribution in [0.3, 0.4) is 0 Å². The fraction of sp³-hybridized carbons (Fsp3) is 0.529. The van der Waals surface area contributed by atoms with E-state index in [0.717, 1.165) is 0 Å². The number of nitrogens with zero attached hydrogens (tertiary/aromatic N) is 1. The zero-order valence-electron chi connectivity index (χ0n) is 14.1. The number of methoxy groups -OCH3 is 2. The molecule has 0 N–H and O–H groups in total. The Bertz CT molecular complexity index is 641. The number of fused-ring (bicyclic) bond motifs is 1. The molecule has 2 amide bonds. The zero-order valence-corrected chi connectivity index (χ0v) is 14.1. The molecule has 2 aliphatic rings. The Hall–Kier alpha value is -1.96. The Morgan fingerprint density at radius 2 is 1.88 bits per heavy atom. The molecule has 7 heteroatoms. The van der Waals surface area contributed by atoms with Crippen molar-refractivity contribution in [3.8, 4) is 5.75 Å². The summed E-state index contributed by atoms with van der Waals surface area (Å²) in [6, 6.07) is 6.08. The summed E-state index contributed by atoms with van der Waals surface area (Å²) in [5, 5.41) is 0. The maximum Gasteiger partial charge on any atom is 0.261 e. The van der Waals surface area contributed by atoms with Crippen molar-refractivity contribution in [2.75, 3.05) is 20.8 Å². The minimum atomic E-state index is -0.855. The molecule has 2 saturated heterocycles. The number of carbonyl (C=O) groups is 2. The van der Waals surface area contributed by atoms with Crippen molar-refractivity contribution >= 4 is 11.8 Å². The first-order valence-corrected chi connectivity index (χ1v) is 7.74. The number of hydrogen-bond donors (Lipinski definition) is 0. The number of likely N-dealkylation sites (tertiary alicyclic amines) is 1. The SMILES string of the molecule is COCC1C2OC(C)(C)OC2C(=O)N1C(=O)c1ccc(OC)cc1. The van der Waals surface area contributed by atoms with Crippen molar-refractivity contribution in [1.29, 1.82) is 0 Å². The summed E-state index contributed by atoms with van der Waals surface area (Å²) < 4.78 is 21.8. The third kappa shape index (κ3) is 2.79. The van der Waals surface area contributed by atoms with Crippen LogP contribution < -0.4 is 4.74 Å². The first kappa shape index (κ1) is 16.9. The molecular weight excluding hydrogens is 314 g/mol. The summed E-state index contributed by atoms with van der Waals surface area (Å²) in [6.07, 6.45) is -1.32. The average molecular weight is 335 g/mol. The highest BCUT2D eigenvalue weighted by atomic mass is 16.8. The van der Waals surface area contributed by atoms with Gasteiger partial charge in [-0.1, -0.05) is 0 Å². The molecule has 7 nitrogen and oxygen atoms in total. The Morgan fingerprint density at radius 1 is 1.21 bits per heavy atom. The Morgan fingerprint density at radius 3 is 2.46 bits per heavy atom. The molecule has 0 saturated carbocycles. The first-order valence-electron chi connectivity index (χ1n) is 7.74. The number of amides is 2. The van der Waals surface area contributed by atoms with Gasteiger partial charge in [-0.05, 0) is 38.1 Å². The van der Waals surface area contributed by atoms with Crippen LogP contribution >= 0.6 is 0 Å². The van der Waals surface area contributed by atoms with Gasteiger partial charge in [-0.25, -0.2) is 0 Å². The predicted molar refractivity (Wildman–Crippen MR) is 83.7 cm³/mol. The Kier molecular flexibility index (Phi) is 4.33. The van der Waals surface area contributed by atoms with E-state index in [-0.39, 0.29) is 6.61 Å². The number of benzene rings is 1. The Labute approximate surface area is 140 Å². The van der Waals surface area contributed by atoms with Gasteiger partial charge in [-0.15, -0.1) is 0 Å². The van der Waals surface area contributed by atoms with Crippen molar-refractivity contribution < 1.29 is 28.5 Å². The minimum absolute atomic E-state index is 0.189. The predicted octanol–water partition coefficient (Wildman–Crippen LogP) is 1.21. The van der Waals surface area contributed by atoms with E-state index in [1.165, 1.54) is 12.0 Å². The maximum atomic E-state index is 12.8. The molecule has 2 fully saturated rings. The smallest absolute Gasteiger partial charge is 0.261 e. The van der Waals surface area contributed by atoms with Crippen LogP contribution in [-0.4, -0.2) is 61.6 Å². The molecule has 24 heavy (non-hydrogen) atoms. The van der Waals surface area contributed by atoms with Gasteiger partial charge in [-0.2, -0.15) is 0 Å². The van der Waals surface area contributed by atoms with Gasteiger partial charge in [0.25, 0.3) is 11.8 Å². The van der Waals surface area contributed by atoms with Crippen LogP contribution in [0.5, 0.6) is 5.75 Å². The van der Waals surface area contributed by atoms with Crippen LogP contribution in [-0.2, 0) is 19.0 Å². The molecule has 1 aromatic rings. The molecule has 1 aromatic carbocycles. The number of hydrogen-bond acceptors (Lipinski definition) is 6. The van der Waals surface area contributed by atoms with Gasteiger partial charge in [0.1, 0.15) is 11.9 Å². The van der Waals surface area contributed by atoms with Gasteiger partial charge < -0.3 is 18.9 Å². The van der Waals surface area contributed by atoms with E-state index in [1.54, 1.807) is 45.2 Å². The average Bonchev–Trinajstić information content (AvgIpc) is 3.00. The molecule has 2 heterocycles. The highest BCUT2D eigenvalue weighted by molar-refractivity contribution is 6.08. The molecule has 0 aromatic heterocycles. The zero-order chi connectivity index (χ0) is 17.5. The monoisotopic (exact) mass is 335 g/mol. The summed E-state index contributed by atoms with van der Waals surface area (Å²) in [4.78, 5) is 26.7. The largest absolute Gasteiger partial charge is 0.497 e. The fourth-order valence-corrected chi connectivity index (χ4v) is 3.17. The summed E-state index contributed by atoms with van der Waals surface area (Å²) in [7, 11) is 3.07. The molecule has 3 rings (SSSR count). The van der Waals surface area contributed by atoms with Gasteiger partial charge in [0, 0.05) is 12.7 Å². The number of rotatable bonds is 4. The quantitative estimate of drug-likeness (QED) is 0.770. The second-order valence-electron chi connectivity index (χ2n) is 6.29. The number of carbonyl (C=O) groups excluding carboxylic acids is 2. The third-order valence-corrected chi connectivity index (χ3v) is 4.21. The van der Waals surface area contributed by atoms with E-state index in [9.17, 15) is 9.59 Å². The topological polar surface area (TPSA) is 74.3 Å². The van der Waals surface area contributed by atoms with Crippen molar-refractivity contribution in [3.63, 3.8) is 0 Å². The van der Waals surface area contributed by atoms with Gasteiger partial charge in [0.05, 0.1) is 19.8 Å². The van der Waals surface area contributed by atoms with Crippen molar-refractivity contribution in [2.24, 2.45) is 0 Å². The van der Waals surface area contributed by atoms with Gasteiger partial charge in [-0.3, -0.25) is 14.5 Å². The normalized spacial score (nSPS) is 28.1. The molecule has 2 aliphatic heterocycles. The van der Waals surface area contributed by atoms with Crippen LogP contribution in [0.1, 0.15) is 24.2 Å². The lowest BCUT2D eigenvalue weighted by Gasteiger charge is -2.28. The Balaban J connectivity index is 1.88. The lowest BCUT2D eigenvalue weighted by Crippen LogP contribution is -2.46. The standard InChI is InChI=1S/C17H21NO6/c1-17(2)23-13-12(9-21-3)18(16(20)14(13)24-17)15(19)10-5-7-11(22-4)8-6-10/h5-8,12-14H,9H2,1-4H3. The molecule has 0 bridgehead atoms. The van der Waals surface area contributed by atoms with Crippen LogP contribution in [0.25, 0.3) is 0 Å². The van der Waals surface area contributed by atoms with Crippen LogP contribution in [0.15, 0.2) is 24.3 Å². The van der Waals surface area contributed by atoms with Crippen LogP contribution in [0, 0.1) is 0 Å². The first-order chi connectivity index (χ1) is 11.4. The highest BCUT2D eigenvalue weighted by Crippen LogP contribution is 2.38. The number of ether oxygens (including phenoxy) is 4. The van der Waals surface area contributed by atoms with Crippen LogP contribution in [0.4, 0.5) is 0 Å². The summed E-state index contributed by atoms with van der Waals surface area (Å²) in [6.45, 7) is 3.68. The van der Waals surface area contributed by atoms with Gasteiger partial charge >= 0.3 is 0 Å². The molecule has 0 spiro atoms. The molecule has 0 radical (unpaired) electrons. The summed E-state index contributed by atoms with van der Waals surface area (Å²) in [5.41, 5.74) is 0.393. The molecule has 3 unspecified atom stereocenters. The van der Waals surface area contributed by atoms with Gasteiger partial charge in [0.15, 0.2) is 11.9 Å². The van der Waals surface area contributed by atoms with E-state index in [1.807, 2.05) is 0 Å². The maximum absolute atomic E-state index is 12.8. The minimum Gasteiger partial charge on any atom is -0.497 e. The second kappa shape index (κ2) is 6.16. The van der Waals surface area contributed by atoms with Crippen LogP contribution in [0.2, 0.25) is 0 Å². The van der Waals surface area contributed by atoms with E-state index < -0.39 is 35.9 Å². The number of imide groups is 1. The summed E-state index contributed by atoms with van der Waals surface area (Å²) in [5.74, 6) is -1.01. The molecule has 3 atom stereocenters. The van der Waals surface area contributed by atoms with E-state index >= 15 is 0 Å². The third-order valence-electron chi connectivity index (χ3n) is 4.21. The molecular formula is C17H21NO6. The van der Waals surface area contributed by atoms with Crippen molar-refractivity contribution in [1.82, 2.24) is 4.90 Å². The fourth-order valence-electron chi connectivity index (χ4n) is 3.17. The van der Waals surface area contributed by atoms with Crippen molar-refractivity contribution in [3.05, 3.63) is 29.8 Å². The molecule has 130 valence electrons. The van der Waals surface area contributed by atoms with E-state index in [4.69, 9.17) is 18.9 Å². The van der Waals surface area contributed by atoms with E-state index in [0.29, 0.717) is 11.3 Å².